The molecule has 0 N–H and O–H groups in total. The van der Waals surface area contributed by atoms with Gasteiger partial charge in [-0.25, -0.2) is 13.2 Å². The fourth-order valence-corrected chi connectivity index (χ4v) is 7.75. The number of rotatable bonds is 3. The summed E-state index contributed by atoms with van der Waals surface area (Å²) in [7, 11) is -0.596. The van der Waals surface area contributed by atoms with Gasteiger partial charge in [0, 0.05) is 0 Å². The number of allylic oxidation sites excluding steroid dienone is 1. The van der Waals surface area contributed by atoms with E-state index in [2.05, 4.69) is 18.7 Å². The Labute approximate surface area is 144 Å². The van der Waals surface area contributed by atoms with Crippen LogP contribution in [-0.2, 0) is 0 Å². The van der Waals surface area contributed by atoms with Crippen molar-refractivity contribution in [1.82, 2.24) is 0 Å². The molecule has 1 aromatic carbocycles. The molecule has 1 saturated carbocycles. The lowest BCUT2D eigenvalue weighted by molar-refractivity contribution is 0.216. The highest BCUT2D eigenvalue weighted by molar-refractivity contribution is 6.64. The topological polar surface area (TPSA) is 0 Å². The van der Waals surface area contributed by atoms with Crippen LogP contribution in [0.25, 0.3) is 0 Å². The fourth-order valence-electron chi connectivity index (χ4n) is 4.82. The van der Waals surface area contributed by atoms with E-state index in [4.69, 9.17) is 0 Å². The largest absolute Gasteiger partial charge is 0.204 e. The SMILES string of the molecule is CC=C[SiH]1CCC(C2CCC(c3cc(F)c(F)c(F)c3)CC2)CC1. The average molecular weight is 353 g/mol. The highest BCUT2D eigenvalue weighted by atomic mass is 28.3. The predicted octanol–water partition coefficient (Wildman–Crippen LogP) is 6.13. The fraction of sp³-hybridized carbons (Fsp3) is 0.600. The van der Waals surface area contributed by atoms with Crippen molar-refractivity contribution in [3.05, 3.63) is 46.9 Å². The lowest BCUT2D eigenvalue weighted by Gasteiger charge is -2.37. The molecule has 1 aliphatic carbocycles. The van der Waals surface area contributed by atoms with Crippen LogP contribution in [0, 0.1) is 29.3 Å². The zero-order chi connectivity index (χ0) is 17.1. The van der Waals surface area contributed by atoms with Crippen LogP contribution in [0.5, 0.6) is 0 Å². The van der Waals surface area contributed by atoms with Gasteiger partial charge in [0.1, 0.15) is 0 Å². The molecular formula is C20H27F3Si. The van der Waals surface area contributed by atoms with E-state index in [0.717, 1.165) is 37.5 Å². The minimum atomic E-state index is -1.35. The van der Waals surface area contributed by atoms with Crippen LogP contribution in [-0.4, -0.2) is 8.80 Å². The summed E-state index contributed by atoms with van der Waals surface area (Å²) in [6, 6.07) is 5.25. The molecule has 0 atom stereocenters. The van der Waals surface area contributed by atoms with Gasteiger partial charge in [-0.05, 0) is 68.1 Å². The first-order chi connectivity index (χ1) is 11.6. The molecule has 1 aliphatic heterocycles. The van der Waals surface area contributed by atoms with Crippen molar-refractivity contribution in [3.63, 3.8) is 0 Å². The van der Waals surface area contributed by atoms with Gasteiger partial charge in [0.05, 0.1) is 8.80 Å². The van der Waals surface area contributed by atoms with E-state index < -0.39 is 26.2 Å². The number of benzene rings is 1. The van der Waals surface area contributed by atoms with E-state index >= 15 is 0 Å². The average Bonchev–Trinajstić information content (AvgIpc) is 2.60. The molecule has 1 heterocycles. The molecule has 0 nitrogen and oxygen atoms in total. The molecule has 0 bridgehead atoms. The summed E-state index contributed by atoms with van der Waals surface area (Å²) in [4.78, 5) is 0. The molecule has 2 aliphatic rings. The second kappa shape index (κ2) is 7.90. The maximum Gasteiger partial charge on any atom is 0.194 e. The standard InChI is InChI=1S/C20H27F3Si/c1-2-9-24-10-7-16(8-11-24)14-3-5-15(6-4-14)17-12-18(21)20(23)19(22)13-17/h2,9,12-16,24H,3-8,10-11H2,1H3. The van der Waals surface area contributed by atoms with E-state index in [1.165, 1.54) is 37.1 Å². The lowest BCUT2D eigenvalue weighted by atomic mass is 9.72. The summed E-state index contributed by atoms with van der Waals surface area (Å²) < 4.78 is 40.0. The minimum absolute atomic E-state index is 0.180. The van der Waals surface area contributed by atoms with Gasteiger partial charge in [0.25, 0.3) is 0 Å². The van der Waals surface area contributed by atoms with Crippen molar-refractivity contribution < 1.29 is 13.2 Å². The molecule has 0 radical (unpaired) electrons. The van der Waals surface area contributed by atoms with Gasteiger partial charge in [0.2, 0.25) is 0 Å². The molecule has 132 valence electrons. The molecule has 0 unspecified atom stereocenters. The Balaban J connectivity index is 1.55. The highest BCUT2D eigenvalue weighted by Gasteiger charge is 2.31. The maximum atomic E-state index is 13.4. The van der Waals surface area contributed by atoms with Crippen molar-refractivity contribution >= 4 is 8.80 Å². The Morgan fingerprint density at radius 3 is 1.96 bits per heavy atom. The Morgan fingerprint density at radius 2 is 1.42 bits per heavy atom. The van der Waals surface area contributed by atoms with E-state index in [9.17, 15) is 13.2 Å². The second-order valence-corrected chi connectivity index (χ2v) is 10.7. The predicted molar refractivity (Wildman–Crippen MR) is 95.3 cm³/mol. The first-order valence-corrected chi connectivity index (χ1v) is 11.7. The zero-order valence-electron chi connectivity index (χ0n) is 14.4. The van der Waals surface area contributed by atoms with E-state index in [1.54, 1.807) is 0 Å². The zero-order valence-corrected chi connectivity index (χ0v) is 15.6. The summed E-state index contributed by atoms with van der Waals surface area (Å²) in [5, 5.41) is 0. The van der Waals surface area contributed by atoms with Crippen LogP contribution in [0.15, 0.2) is 23.9 Å². The summed E-state index contributed by atoms with van der Waals surface area (Å²) in [6.45, 7) is 2.13. The van der Waals surface area contributed by atoms with Crippen LogP contribution in [0.1, 0.15) is 56.9 Å². The van der Waals surface area contributed by atoms with Gasteiger partial charge in [-0.1, -0.05) is 31.0 Å². The summed E-state index contributed by atoms with van der Waals surface area (Å²) in [5.74, 6) is -1.66. The molecule has 0 spiro atoms. The Morgan fingerprint density at radius 1 is 0.875 bits per heavy atom. The lowest BCUT2D eigenvalue weighted by Crippen LogP contribution is -2.27. The number of halogens is 3. The van der Waals surface area contributed by atoms with Gasteiger partial charge in [-0.15, -0.1) is 5.70 Å². The van der Waals surface area contributed by atoms with Crippen LogP contribution in [0.2, 0.25) is 12.1 Å². The summed E-state index contributed by atoms with van der Waals surface area (Å²) >= 11 is 0. The van der Waals surface area contributed by atoms with Gasteiger partial charge in [-0.2, -0.15) is 0 Å². The molecule has 0 aromatic heterocycles. The quantitative estimate of drug-likeness (QED) is 0.453. The Kier molecular flexibility index (Phi) is 5.85. The van der Waals surface area contributed by atoms with Crippen LogP contribution < -0.4 is 0 Å². The second-order valence-electron chi connectivity index (χ2n) is 7.61. The first kappa shape index (κ1) is 17.8. The van der Waals surface area contributed by atoms with Crippen molar-refractivity contribution in [2.45, 2.75) is 63.5 Å². The molecule has 0 amide bonds. The molecule has 1 aromatic rings. The van der Waals surface area contributed by atoms with Gasteiger partial charge in [-0.3, -0.25) is 0 Å². The molecule has 4 heteroatoms. The van der Waals surface area contributed by atoms with Crippen LogP contribution in [0.4, 0.5) is 13.2 Å². The highest BCUT2D eigenvalue weighted by Crippen LogP contribution is 2.43. The Bertz CT molecular complexity index is 560. The minimum Gasteiger partial charge on any atom is -0.204 e. The van der Waals surface area contributed by atoms with Gasteiger partial charge in [0.15, 0.2) is 17.5 Å². The van der Waals surface area contributed by atoms with Gasteiger partial charge < -0.3 is 0 Å². The van der Waals surface area contributed by atoms with Crippen molar-refractivity contribution in [3.8, 4) is 0 Å². The third-order valence-electron chi connectivity index (χ3n) is 6.20. The van der Waals surface area contributed by atoms with Crippen LogP contribution >= 0.6 is 0 Å². The van der Waals surface area contributed by atoms with E-state index in [0.29, 0.717) is 5.56 Å². The molecule has 24 heavy (non-hydrogen) atoms. The molecular weight excluding hydrogens is 325 g/mol. The first-order valence-electron chi connectivity index (χ1n) is 9.35. The van der Waals surface area contributed by atoms with Gasteiger partial charge >= 0.3 is 0 Å². The number of hydrogen-bond donors (Lipinski definition) is 0. The maximum absolute atomic E-state index is 13.4. The third kappa shape index (κ3) is 3.96. The van der Waals surface area contributed by atoms with E-state index in [-0.39, 0.29) is 5.92 Å². The van der Waals surface area contributed by atoms with Crippen molar-refractivity contribution in [2.24, 2.45) is 11.8 Å². The summed E-state index contributed by atoms with van der Waals surface area (Å²) in [6.07, 6.45) is 9.20. The normalized spacial score (nSPS) is 31.5. The van der Waals surface area contributed by atoms with Crippen molar-refractivity contribution in [1.29, 1.82) is 0 Å². The van der Waals surface area contributed by atoms with E-state index in [1.807, 2.05) is 0 Å². The Hall–Kier alpha value is -1.03. The summed E-state index contributed by atoms with van der Waals surface area (Å²) in [5.41, 5.74) is 3.11. The van der Waals surface area contributed by atoms with Crippen molar-refractivity contribution in [2.75, 3.05) is 0 Å². The molecule has 1 saturated heterocycles. The molecule has 2 fully saturated rings. The number of hydrogen-bond acceptors (Lipinski definition) is 0. The van der Waals surface area contributed by atoms with Crippen LogP contribution in [0.3, 0.4) is 0 Å². The molecule has 3 rings (SSSR count). The monoisotopic (exact) mass is 352 g/mol. The smallest absolute Gasteiger partial charge is 0.194 e. The third-order valence-corrected chi connectivity index (χ3v) is 9.28.